The molecule has 0 bridgehead atoms. The van der Waals surface area contributed by atoms with Crippen LogP contribution in [0.2, 0.25) is 0 Å². The number of rotatable bonds is 8. The number of hydrogen-bond donors (Lipinski definition) is 0. The average molecular weight is 519 g/mol. The predicted molar refractivity (Wildman–Crippen MR) is 145 cm³/mol. The largest absolute Gasteiger partial charge is 0.335 e. The highest BCUT2D eigenvalue weighted by atomic mass is 32.2. The van der Waals surface area contributed by atoms with Gasteiger partial charge < -0.3 is 9.80 Å². The Balaban J connectivity index is 1.32. The summed E-state index contributed by atoms with van der Waals surface area (Å²) >= 11 is 3.14. The molecule has 0 aliphatic carbocycles. The molecule has 1 amide bonds. The van der Waals surface area contributed by atoms with Gasteiger partial charge in [0, 0.05) is 38.0 Å². The van der Waals surface area contributed by atoms with E-state index < -0.39 is 0 Å². The SMILES string of the molecule is CCN1CCN(C(=O)c2csc(CSc3nnc(Cc4ccccc4)n3-c3ccccc3C)n2)CC1. The van der Waals surface area contributed by atoms with Crippen LogP contribution in [0.4, 0.5) is 0 Å². The number of thiazole rings is 1. The van der Waals surface area contributed by atoms with Crippen LogP contribution in [0, 0.1) is 6.92 Å². The average Bonchev–Trinajstić information content (AvgIpc) is 3.55. The fourth-order valence-electron chi connectivity index (χ4n) is 4.37. The van der Waals surface area contributed by atoms with Crippen molar-refractivity contribution in [3.8, 4) is 5.69 Å². The number of nitrogens with zero attached hydrogens (tertiary/aromatic N) is 6. The van der Waals surface area contributed by atoms with E-state index in [0.29, 0.717) is 17.9 Å². The molecule has 3 heterocycles. The van der Waals surface area contributed by atoms with Gasteiger partial charge in [0.1, 0.15) is 16.5 Å². The summed E-state index contributed by atoms with van der Waals surface area (Å²) in [5.74, 6) is 1.57. The normalized spacial score (nSPS) is 14.3. The molecule has 0 N–H and O–H groups in total. The molecule has 1 saturated heterocycles. The Kier molecular flexibility index (Phi) is 7.79. The highest BCUT2D eigenvalue weighted by molar-refractivity contribution is 7.98. The van der Waals surface area contributed by atoms with E-state index in [1.807, 2.05) is 40.6 Å². The Bertz CT molecular complexity index is 1310. The lowest BCUT2D eigenvalue weighted by Crippen LogP contribution is -2.48. The first-order valence-corrected chi connectivity index (χ1v) is 14.1. The molecule has 0 atom stereocenters. The topological polar surface area (TPSA) is 67.2 Å². The van der Waals surface area contributed by atoms with E-state index in [1.165, 1.54) is 22.5 Å². The van der Waals surface area contributed by atoms with Gasteiger partial charge in [0.25, 0.3) is 5.91 Å². The molecule has 0 unspecified atom stereocenters. The number of likely N-dealkylation sites (N-methyl/N-ethyl adjacent to an activating group) is 1. The first-order chi connectivity index (χ1) is 17.6. The zero-order valence-electron chi connectivity index (χ0n) is 20.6. The van der Waals surface area contributed by atoms with Crippen molar-refractivity contribution in [2.45, 2.75) is 31.2 Å². The number of amides is 1. The third-order valence-corrected chi connectivity index (χ3v) is 8.44. The molecule has 0 spiro atoms. The number of para-hydroxylation sites is 1. The molecule has 2 aromatic carbocycles. The van der Waals surface area contributed by atoms with E-state index in [9.17, 15) is 4.79 Å². The summed E-state index contributed by atoms with van der Waals surface area (Å²) in [6, 6.07) is 18.6. The smallest absolute Gasteiger partial charge is 0.273 e. The summed E-state index contributed by atoms with van der Waals surface area (Å²) in [5, 5.41) is 12.7. The summed E-state index contributed by atoms with van der Waals surface area (Å²) in [6.45, 7) is 8.67. The molecule has 4 aromatic rings. The maximum Gasteiger partial charge on any atom is 0.273 e. The third kappa shape index (κ3) is 5.53. The van der Waals surface area contributed by atoms with Crippen molar-refractivity contribution in [3.05, 3.63) is 87.6 Å². The lowest BCUT2D eigenvalue weighted by molar-refractivity contribution is 0.0638. The van der Waals surface area contributed by atoms with Gasteiger partial charge in [-0.05, 0) is 30.7 Å². The lowest BCUT2D eigenvalue weighted by Gasteiger charge is -2.33. The summed E-state index contributed by atoms with van der Waals surface area (Å²) in [4.78, 5) is 21.9. The van der Waals surface area contributed by atoms with Crippen LogP contribution in [0.5, 0.6) is 0 Å². The van der Waals surface area contributed by atoms with Gasteiger partial charge in [0.05, 0.1) is 11.4 Å². The molecular formula is C27H30N6OS2. The van der Waals surface area contributed by atoms with Gasteiger partial charge >= 0.3 is 0 Å². The van der Waals surface area contributed by atoms with Gasteiger partial charge in [-0.25, -0.2) is 4.98 Å². The molecular weight excluding hydrogens is 488 g/mol. The van der Waals surface area contributed by atoms with Crippen molar-refractivity contribution in [2.75, 3.05) is 32.7 Å². The van der Waals surface area contributed by atoms with Crippen LogP contribution in [0.15, 0.2) is 65.1 Å². The van der Waals surface area contributed by atoms with Gasteiger partial charge in [-0.15, -0.1) is 21.5 Å². The van der Waals surface area contributed by atoms with Gasteiger partial charge in [0.15, 0.2) is 5.16 Å². The van der Waals surface area contributed by atoms with Crippen molar-refractivity contribution in [1.82, 2.24) is 29.5 Å². The van der Waals surface area contributed by atoms with Crippen LogP contribution in [0.1, 0.15) is 39.4 Å². The Hall–Kier alpha value is -3.01. The summed E-state index contributed by atoms with van der Waals surface area (Å²) in [5.41, 5.74) is 3.99. The molecule has 1 fully saturated rings. The molecule has 36 heavy (non-hydrogen) atoms. The molecule has 2 aromatic heterocycles. The highest BCUT2D eigenvalue weighted by Crippen LogP contribution is 2.29. The fourth-order valence-corrected chi connectivity index (χ4v) is 6.12. The molecule has 5 rings (SSSR count). The monoisotopic (exact) mass is 518 g/mol. The maximum atomic E-state index is 13.0. The van der Waals surface area contributed by atoms with E-state index in [2.05, 4.69) is 62.8 Å². The predicted octanol–water partition coefficient (Wildman–Crippen LogP) is 4.69. The first-order valence-electron chi connectivity index (χ1n) is 12.3. The maximum absolute atomic E-state index is 13.0. The first kappa shape index (κ1) is 24.7. The minimum atomic E-state index is 0.0338. The molecule has 9 heteroatoms. The number of benzene rings is 2. The molecule has 186 valence electrons. The van der Waals surface area contributed by atoms with Crippen LogP contribution in [0.3, 0.4) is 0 Å². The Labute approximate surface area is 220 Å². The van der Waals surface area contributed by atoms with Gasteiger partial charge in [-0.2, -0.15) is 0 Å². The van der Waals surface area contributed by atoms with Crippen molar-refractivity contribution in [2.24, 2.45) is 0 Å². The Morgan fingerprint density at radius 1 is 1.00 bits per heavy atom. The second kappa shape index (κ2) is 11.4. The number of piperazine rings is 1. The van der Waals surface area contributed by atoms with Crippen molar-refractivity contribution in [3.63, 3.8) is 0 Å². The van der Waals surface area contributed by atoms with Crippen molar-refractivity contribution >= 4 is 29.0 Å². The van der Waals surface area contributed by atoms with Crippen LogP contribution in [-0.4, -0.2) is 68.2 Å². The summed E-state index contributed by atoms with van der Waals surface area (Å²) in [6.07, 6.45) is 0.698. The second-order valence-electron chi connectivity index (χ2n) is 8.82. The summed E-state index contributed by atoms with van der Waals surface area (Å²) in [7, 11) is 0. The standard InChI is InChI=1S/C27H30N6OS2/c1-3-31-13-15-32(16-14-31)26(34)22-18-35-25(28-22)19-36-27-30-29-24(17-21-10-5-4-6-11-21)33(27)23-12-8-7-9-20(23)2/h4-12,18H,3,13-17,19H2,1-2H3. The molecule has 0 saturated carbocycles. The van der Waals surface area contributed by atoms with E-state index in [0.717, 1.165) is 54.4 Å². The second-order valence-corrected chi connectivity index (χ2v) is 10.7. The van der Waals surface area contributed by atoms with Crippen LogP contribution in [-0.2, 0) is 12.2 Å². The lowest BCUT2D eigenvalue weighted by atomic mass is 10.1. The van der Waals surface area contributed by atoms with Gasteiger partial charge in [0.2, 0.25) is 0 Å². The number of aryl methyl sites for hydroxylation is 1. The minimum Gasteiger partial charge on any atom is -0.335 e. The zero-order valence-corrected chi connectivity index (χ0v) is 22.3. The van der Waals surface area contributed by atoms with E-state index >= 15 is 0 Å². The number of carbonyl (C=O) groups is 1. The molecule has 0 radical (unpaired) electrons. The molecule has 1 aliphatic heterocycles. The van der Waals surface area contributed by atoms with Crippen LogP contribution < -0.4 is 0 Å². The molecule has 1 aliphatic rings. The Morgan fingerprint density at radius 2 is 1.75 bits per heavy atom. The number of hydrogen-bond acceptors (Lipinski definition) is 7. The number of aromatic nitrogens is 4. The van der Waals surface area contributed by atoms with E-state index in [4.69, 9.17) is 0 Å². The van der Waals surface area contributed by atoms with Crippen molar-refractivity contribution in [1.29, 1.82) is 0 Å². The Morgan fingerprint density at radius 3 is 2.50 bits per heavy atom. The number of carbonyl (C=O) groups excluding carboxylic acids is 1. The highest BCUT2D eigenvalue weighted by Gasteiger charge is 2.23. The van der Waals surface area contributed by atoms with Crippen molar-refractivity contribution < 1.29 is 4.79 Å². The minimum absolute atomic E-state index is 0.0338. The van der Waals surface area contributed by atoms with E-state index in [1.54, 1.807) is 11.8 Å². The third-order valence-electron chi connectivity index (χ3n) is 6.46. The summed E-state index contributed by atoms with van der Waals surface area (Å²) < 4.78 is 2.15. The van der Waals surface area contributed by atoms with Gasteiger partial charge in [-0.3, -0.25) is 9.36 Å². The van der Waals surface area contributed by atoms with Crippen LogP contribution >= 0.6 is 23.1 Å². The zero-order chi connectivity index (χ0) is 24.9. The quantitative estimate of drug-likeness (QED) is 0.315. The molecule has 7 nitrogen and oxygen atoms in total. The van der Waals surface area contributed by atoms with E-state index in [-0.39, 0.29) is 5.91 Å². The van der Waals surface area contributed by atoms with Crippen LogP contribution in [0.25, 0.3) is 5.69 Å². The fraction of sp³-hybridized carbons (Fsp3) is 0.333. The number of thioether (sulfide) groups is 1. The van der Waals surface area contributed by atoms with Gasteiger partial charge in [-0.1, -0.05) is 67.2 Å².